The molecule has 2 heterocycles. The first-order valence-electron chi connectivity index (χ1n) is 8.19. The number of rotatable bonds is 4. The highest BCUT2D eigenvalue weighted by Crippen LogP contribution is 2.37. The van der Waals surface area contributed by atoms with E-state index >= 15 is 0 Å². The summed E-state index contributed by atoms with van der Waals surface area (Å²) in [5, 5.41) is 13.0. The van der Waals surface area contributed by atoms with Gasteiger partial charge in [0.15, 0.2) is 0 Å². The Bertz CT molecular complexity index is 606. The molecule has 0 spiro atoms. The van der Waals surface area contributed by atoms with Crippen molar-refractivity contribution < 1.29 is 14.7 Å². The standard InChI is InChI=1S/C16H23N3O3S/c17-15(22)14-11-3-1-2-4-12(11)23-16(14)18-13(21)9-19-7-5-10(20)6-8-19/h10,20H,1-9H2,(H2,17,22)(H,18,21). The van der Waals surface area contributed by atoms with Crippen LogP contribution in [0.3, 0.4) is 0 Å². The van der Waals surface area contributed by atoms with Gasteiger partial charge < -0.3 is 16.2 Å². The highest BCUT2D eigenvalue weighted by atomic mass is 32.1. The van der Waals surface area contributed by atoms with Gasteiger partial charge in [-0.05, 0) is 44.1 Å². The van der Waals surface area contributed by atoms with E-state index in [9.17, 15) is 14.7 Å². The van der Waals surface area contributed by atoms with Gasteiger partial charge in [-0.15, -0.1) is 11.3 Å². The zero-order chi connectivity index (χ0) is 16.4. The Kier molecular flexibility index (Phi) is 4.99. The van der Waals surface area contributed by atoms with Gasteiger partial charge >= 0.3 is 0 Å². The average Bonchev–Trinajstić information content (AvgIpc) is 2.87. The van der Waals surface area contributed by atoms with E-state index in [-0.39, 0.29) is 18.6 Å². The van der Waals surface area contributed by atoms with E-state index in [4.69, 9.17) is 5.73 Å². The van der Waals surface area contributed by atoms with Crippen LogP contribution in [-0.2, 0) is 17.6 Å². The van der Waals surface area contributed by atoms with E-state index in [1.54, 1.807) is 0 Å². The number of carbonyl (C=O) groups is 2. The SMILES string of the molecule is NC(=O)c1c(NC(=O)CN2CCC(O)CC2)sc2c1CCCC2. The average molecular weight is 337 g/mol. The number of anilines is 1. The minimum atomic E-state index is -0.458. The third-order valence-corrected chi connectivity index (χ3v) is 5.80. The fraction of sp³-hybridized carbons (Fsp3) is 0.625. The Morgan fingerprint density at radius 3 is 2.65 bits per heavy atom. The van der Waals surface area contributed by atoms with Crippen molar-refractivity contribution in [3.63, 3.8) is 0 Å². The van der Waals surface area contributed by atoms with Crippen LogP contribution in [0, 0.1) is 0 Å². The number of nitrogens with one attached hydrogen (secondary N) is 1. The molecular weight excluding hydrogens is 314 g/mol. The van der Waals surface area contributed by atoms with E-state index in [0.717, 1.165) is 44.3 Å². The van der Waals surface area contributed by atoms with Crippen LogP contribution < -0.4 is 11.1 Å². The molecule has 0 unspecified atom stereocenters. The monoisotopic (exact) mass is 337 g/mol. The van der Waals surface area contributed by atoms with Gasteiger partial charge in [-0.3, -0.25) is 14.5 Å². The second kappa shape index (κ2) is 6.98. The van der Waals surface area contributed by atoms with Gasteiger partial charge in [-0.1, -0.05) is 0 Å². The Morgan fingerprint density at radius 2 is 1.96 bits per heavy atom. The van der Waals surface area contributed by atoms with Gasteiger partial charge in [-0.25, -0.2) is 0 Å². The maximum atomic E-state index is 12.3. The Morgan fingerprint density at radius 1 is 1.26 bits per heavy atom. The summed E-state index contributed by atoms with van der Waals surface area (Å²) in [6, 6.07) is 0. The van der Waals surface area contributed by atoms with E-state index in [1.807, 2.05) is 4.90 Å². The predicted octanol–water partition coefficient (Wildman–Crippen LogP) is 1.12. The lowest BCUT2D eigenvalue weighted by atomic mass is 9.95. The molecule has 2 aliphatic rings. The van der Waals surface area contributed by atoms with Crippen LogP contribution in [0.4, 0.5) is 5.00 Å². The predicted molar refractivity (Wildman–Crippen MR) is 89.8 cm³/mol. The molecule has 0 aromatic carbocycles. The normalized spacial score (nSPS) is 19.3. The summed E-state index contributed by atoms with van der Waals surface area (Å²) in [6.07, 6.45) is 5.16. The number of aliphatic hydroxyl groups is 1. The van der Waals surface area contributed by atoms with E-state index in [0.29, 0.717) is 23.4 Å². The number of primary amides is 1. The quantitative estimate of drug-likeness (QED) is 0.767. The lowest BCUT2D eigenvalue weighted by Crippen LogP contribution is -2.40. The smallest absolute Gasteiger partial charge is 0.251 e. The molecule has 23 heavy (non-hydrogen) atoms. The molecule has 126 valence electrons. The molecular formula is C16H23N3O3S. The molecule has 0 bridgehead atoms. The fourth-order valence-electron chi connectivity index (χ4n) is 3.36. The zero-order valence-electron chi connectivity index (χ0n) is 13.1. The third-order valence-electron chi connectivity index (χ3n) is 4.59. The summed E-state index contributed by atoms with van der Waals surface area (Å²) < 4.78 is 0. The van der Waals surface area contributed by atoms with Gasteiger partial charge in [0.25, 0.3) is 5.91 Å². The highest BCUT2D eigenvalue weighted by Gasteiger charge is 2.26. The van der Waals surface area contributed by atoms with Gasteiger partial charge in [0.05, 0.1) is 18.2 Å². The van der Waals surface area contributed by atoms with E-state index < -0.39 is 5.91 Å². The minimum Gasteiger partial charge on any atom is -0.393 e. The first-order chi connectivity index (χ1) is 11.0. The largest absolute Gasteiger partial charge is 0.393 e. The summed E-state index contributed by atoms with van der Waals surface area (Å²) in [7, 11) is 0. The second-order valence-corrected chi connectivity index (χ2v) is 7.44. The summed E-state index contributed by atoms with van der Waals surface area (Å²) in [4.78, 5) is 27.3. The number of carbonyl (C=O) groups excluding carboxylic acids is 2. The summed E-state index contributed by atoms with van der Waals surface area (Å²) in [6.45, 7) is 1.73. The third kappa shape index (κ3) is 3.73. The second-order valence-electron chi connectivity index (χ2n) is 6.33. The Balaban J connectivity index is 1.68. The molecule has 2 amide bonds. The number of hydrogen-bond donors (Lipinski definition) is 3. The van der Waals surface area contributed by atoms with Gasteiger partial charge in [0.2, 0.25) is 5.91 Å². The molecule has 1 aromatic heterocycles. The first-order valence-corrected chi connectivity index (χ1v) is 9.01. The van der Waals surface area contributed by atoms with E-state index in [2.05, 4.69) is 5.32 Å². The van der Waals surface area contributed by atoms with Crippen LogP contribution in [0.2, 0.25) is 0 Å². The molecule has 1 aliphatic heterocycles. The Hall–Kier alpha value is -1.44. The molecule has 4 N–H and O–H groups in total. The van der Waals surface area contributed by atoms with Gasteiger partial charge in [0, 0.05) is 18.0 Å². The molecule has 0 saturated carbocycles. The maximum absolute atomic E-state index is 12.3. The molecule has 3 rings (SSSR count). The molecule has 0 radical (unpaired) electrons. The van der Waals surface area contributed by atoms with Crippen molar-refractivity contribution in [2.45, 2.75) is 44.6 Å². The molecule has 0 atom stereocenters. The van der Waals surface area contributed by atoms with Gasteiger partial charge in [-0.2, -0.15) is 0 Å². The van der Waals surface area contributed by atoms with Crippen molar-refractivity contribution in [2.75, 3.05) is 25.0 Å². The summed E-state index contributed by atoms with van der Waals surface area (Å²) >= 11 is 1.49. The lowest BCUT2D eigenvalue weighted by Gasteiger charge is -2.28. The van der Waals surface area contributed by atoms with Crippen molar-refractivity contribution in [1.29, 1.82) is 0 Å². The molecule has 1 aliphatic carbocycles. The van der Waals surface area contributed by atoms with Crippen LogP contribution in [-0.4, -0.2) is 47.6 Å². The lowest BCUT2D eigenvalue weighted by molar-refractivity contribution is -0.117. The number of likely N-dealkylation sites (tertiary alicyclic amines) is 1. The zero-order valence-corrected chi connectivity index (χ0v) is 14.0. The van der Waals surface area contributed by atoms with Crippen LogP contribution in [0.25, 0.3) is 0 Å². The highest BCUT2D eigenvalue weighted by molar-refractivity contribution is 7.17. The molecule has 6 nitrogen and oxygen atoms in total. The number of aliphatic hydroxyl groups excluding tert-OH is 1. The van der Waals surface area contributed by atoms with Crippen molar-refractivity contribution in [1.82, 2.24) is 4.90 Å². The number of thiophene rings is 1. The van der Waals surface area contributed by atoms with Crippen LogP contribution in [0.5, 0.6) is 0 Å². The summed E-state index contributed by atoms with van der Waals surface area (Å²) in [5.41, 5.74) is 7.08. The first kappa shape index (κ1) is 16.4. The number of nitrogens with zero attached hydrogens (tertiary/aromatic N) is 1. The number of amides is 2. The van der Waals surface area contributed by atoms with Crippen LogP contribution >= 0.6 is 11.3 Å². The van der Waals surface area contributed by atoms with Crippen LogP contribution in [0.1, 0.15) is 46.5 Å². The topological polar surface area (TPSA) is 95.7 Å². The van der Waals surface area contributed by atoms with E-state index in [1.165, 1.54) is 16.2 Å². The maximum Gasteiger partial charge on any atom is 0.251 e. The number of fused-ring (bicyclic) bond motifs is 1. The van der Waals surface area contributed by atoms with Gasteiger partial charge in [0.1, 0.15) is 5.00 Å². The van der Waals surface area contributed by atoms with Crippen LogP contribution in [0.15, 0.2) is 0 Å². The number of aryl methyl sites for hydroxylation is 1. The number of piperidine rings is 1. The summed E-state index contributed by atoms with van der Waals surface area (Å²) in [5.74, 6) is -0.580. The molecule has 1 aromatic rings. The minimum absolute atomic E-state index is 0.123. The molecule has 1 fully saturated rings. The fourth-order valence-corrected chi connectivity index (χ4v) is 4.67. The van der Waals surface area contributed by atoms with Crippen molar-refractivity contribution in [2.24, 2.45) is 5.73 Å². The number of nitrogens with two attached hydrogens (primary N) is 1. The number of hydrogen-bond acceptors (Lipinski definition) is 5. The van der Waals surface area contributed by atoms with Crippen molar-refractivity contribution in [3.8, 4) is 0 Å². The Labute approximate surface area is 139 Å². The molecule has 7 heteroatoms. The molecule has 1 saturated heterocycles. The van der Waals surface area contributed by atoms with Crippen molar-refractivity contribution >= 4 is 28.2 Å². The van der Waals surface area contributed by atoms with Crippen molar-refractivity contribution in [3.05, 3.63) is 16.0 Å².